The SMILES string of the molecule is CCC[C@H](C(=O)Nc1ccc(OC(F)F)c(Cl)c1)c1ccccc1. The molecular formula is C18H18ClF2NO2. The van der Waals surface area contributed by atoms with Gasteiger partial charge in [-0.25, -0.2) is 0 Å². The molecule has 0 saturated heterocycles. The van der Waals surface area contributed by atoms with Crippen molar-refractivity contribution in [3.05, 3.63) is 59.1 Å². The molecule has 6 heteroatoms. The first-order valence-corrected chi connectivity index (χ1v) is 7.99. The van der Waals surface area contributed by atoms with Crippen molar-refractivity contribution in [3.8, 4) is 5.75 Å². The molecule has 1 N–H and O–H groups in total. The van der Waals surface area contributed by atoms with E-state index < -0.39 is 6.61 Å². The Morgan fingerprint density at radius 1 is 1.21 bits per heavy atom. The predicted molar refractivity (Wildman–Crippen MR) is 90.8 cm³/mol. The number of rotatable bonds is 7. The number of amides is 1. The lowest BCUT2D eigenvalue weighted by atomic mass is 9.93. The minimum absolute atomic E-state index is 0.0138. The maximum absolute atomic E-state index is 12.6. The lowest BCUT2D eigenvalue weighted by molar-refractivity contribution is -0.117. The minimum atomic E-state index is -2.95. The van der Waals surface area contributed by atoms with Crippen LogP contribution < -0.4 is 10.1 Å². The Kier molecular flexibility index (Phi) is 6.55. The molecule has 0 radical (unpaired) electrons. The summed E-state index contributed by atoms with van der Waals surface area (Å²) >= 11 is 5.91. The third-order valence-electron chi connectivity index (χ3n) is 3.51. The van der Waals surface area contributed by atoms with Crippen LogP contribution in [0, 0.1) is 0 Å². The average molecular weight is 354 g/mol. The van der Waals surface area contributed by atoms with E-state index >= 15 is 0 Å². The van der Waals surface area contributed by atoms with Crippen LogP contribution in [0.3, 0.4) is 0 Å². The van der Waals surface area contributed by atoms with E-state index in [-0.39, 0.29) is 22.6 Å². The number of hydrogen-bond donors (Lipinski definition) is 1. The predicted octanol–water partition coefficient (Wildman–Crippen LogP) is 5.46. The molecule has 0 aliphatic rings. The van der Waals surface area contributed by atoms with Crippen LogP contribution >= 0.6 is 11.6 Å². The molecule has 1 amide bonds. The molecule has 0 aliphatic heterocycles. The molecule has 0 fully saturated rings. The van der Waals surface area contributed by atoms with Gasteiger partial charge in [0.15, 0.2) is 0 Å². The zero-order valence-electron chi connectivity index (χ0n) is 13.1. The zero-order valence-corrected chi connectivity index (χ0v) is 13.9. The Labute approximate surface area is 144 Å². The fourth-order valence-corrected chi connectivity index (χ4v) is 2.65. The van der Waals surface area contributed by atoms with Crippen molar-refractivity contribution in [1.29, 1.82) is 0 Å². The fourth-order valence-electron chi connectivity index (χ4n) is 2.42. The highest BCUT2D eigenvalue weighted by Gasteiger charge is 2.20. The second-order valence-electron chi connectivity index (χ2n) is 5.26. The van der Waals surface area contributed by atoms with Gasteiger partial charge in [-0.05, 0) is 30.2 Å². The van der Waals surface area contributed by atoms with Gasteiger partial charge in [0, 0.05) is 5.69 Å². The number of halogens is 3. The van der Waals surface area contributed by atoms with Crippen LogP contribution in [0.15, 0.2) is 48.5 Å². The molecule has 2 rings (SSSR count). The van der Waals surface area contributed by atoms with Crippen molar-refractivity contribution in [2.45, 2.75) is 32.3 Å². The number of ether oxygens (including phenoxy) is 1. The van der Waals surface area contributed by atoms with E-state index in [0.717, 1.165) is 12.0 Å². The van der Waals surface area contributed by atoms with Gasteiger partial charge in [0.1, 0.15) is 5.75 Å². The Hall–Kier alpha value is -2.14. The number of carbonyl (C=O) groups is 1. The number of benzene rings is 2. The maximum Gasteiger partial charge on any atom is 0.387 e. The summed E-state index contributed by atoms with van der Waals surface area (Å²) in [5.74, 6) is -0.577. The number of carbonyl (C=O) groups excluding carboxylic acids is 1. The minimum Gasteiger partial charge on any atom is -0.433 e. The van der Waals surface area contributed by atoms with Gasteiger partial charge in [-0.3, -0.25) is 4.79 Å². The summed E-state index contributed by atoms with van der Waals surface area (Å²) in [6, 6.07) is 13.7. The van der Waals surface area contributed by atoms with Crippen molar-refractivity contribution in [3.63, 3.8) is 0 Å². The lowest BCUT2D eigenvalue weighted by Crippen LogP contribution is -2.21. The van der Waals surface area contributed by atoms with Crippen molar-refractivity contribution >= 4 is 23.2 Å². The second kappa shape index (κ2) is 8.64. The fraction of sp³-hybridized carbons (Fsp3) is 0.278. The highest BCUT2D eigenvalue weighted by molar-refractivity contribution is 6.32. The maximum atomic E-state index is 12.6. The van der Waals surface area contributed by atoms with Crippen molar-refractivity contribution < 1.29 is 18.3 Å². The first-order chi connectivity index (χ1) is 11.5. The number of alkyl halides is 2. The van der Waals surface area contributed by atoms with Gasteiger partial charge in [-0.1, -0.05) is 55.3 Å². The molecule has 2 aromatic rings. The molecule has 0 bridgehead atoms. The molecule has 24 heavy (non-hydrogen) atoms. The number of nitrogens with one attached hydrogen (secondary N) is 1. The Balaban J connectivity index is 2.13. The Morgan fingerprint density at radius 2 is 1.92 bits per heavy atom. The van der Waals surface area contributed by atoms with Crippen molar-refractivity contribution in [1.82, 2.24) is 0 Å². The first kappa shape index (κ1) is 18.2. The summed E-state index contributed by atoms with van der Waals surface area (Å²) in [4.78, 5) is 12.6. The Bertz CT molecular complexity index is 680. The van der Waals surface area contributed by atoms with Crippen LogP contribution in [-0.2, 0) is 4.79 Å². The first-order valence-electron chi connectivity index (χ1n) is 7.61. The van der Waals surface area contributed by atoms with Gasteiger partial charge < -0.3 is 10.1 Å². The van der Waals surface area contributed by atoms with Crippen LogP contribution in [0.1, 0.15) is 31.2 Å². The molecule has 3 nitrogen and oxygen atoms in total. The van der Waals surface area contributed by atoms with Gasteiger partial charge in [-0.15, -0.1) is 0 Å². The molecule has 0 aliphatic carbocycles. The molecular weight excluding hydrogens is 336 g/mol. The monoisotopic (exact) mass is 353 g/mol. The van der Waals surface area contributed by atoms with E-state index in [1.165, 1.54) is 18.2 Å². The highest BCUT2D eigenvalue weighted by atomic mass is 35.5. The molecule has 0 aromatic heterocycles. The highest BCUT2D eigenvalue weighted by Crippen LogP contribution is 2.30. The van der Waals surface area contributed by atoms with Crippen molar-refractivity contribution in [2.75, 3.05) is 5.32 Å². The third kappa shape index (κ3) is 4.93. The van der Waals surface area contributed by atoms with Gasteiger partial charge in [0.25, 0.3) is 0 Å². The molecule has 1 atom stereocenters. The molecule has 128 valence electrons. The van der Waals surface area contributed by atoms with Crippen molar-refractivity contribution in [2.24, 2.45) is 0 Å². The second-order valence-corrected chi connectivity index (χ2v) is 5.67. The summed E-state index contributed by atoms with van der Waals surface area (Å²) in [6.07, 6.45) is 1.56. The molecule has 0 spiro atoms. The van der Waals surface area contributed by atoms with E-state index in [0.29, 0.717) is 12.1 Å². The number of anilines is 1. The molecule has 0 unspecified atom stereocenters. The standard InChI is InChI=1S/C18H18ClF2NO2/c1-2-6-14(12-7-4-3-5-8-12)17(23)22-13-9-10-16(15(19)11-13)24-18(20)21/h3-5,7-11,14,18H,2,6H2,1H3,(H,22,23)/t14-/m0/s1. The third-order valence-corrected chi connectivity index (χ3v) is 3.81. The topological polar surface area (TPSA) is 38.3 Å². The normalized spacial score (nSPS) is 12.0. The summed E-state index contributed by atoms with van der Waals surface area (Å²) in [6.45, 7) is -0.939. The van der Waals surface area contributed by atoms with Gasteiger partial charge >= 0.3 is 6.61 Å². The van der Waals surface area contributed by atoms with Gasteiger partial charge in [0.05, 0.1) is 10.9 Å². The van der Waals surface area contributed by atoms with Crippen LogP contribution in [-0.4, -0.2) is 12.5 Å². The van der Waals surface area contributed by atoms with Gasteiger partial charge in [-0.2, -0.15) is 8.78 Å². The number of hydrogen-bond acceptors (Lipinski definition) is 2. The Morgan fingerprint density at radius 3 is 2.50 bits per heavy atom. The van der Waals surface area contributed by atoms with Crippen LogP contribution in [0.5, 0.6) is 5.75 Å². The van der Waals surface area contributed by atoms with E-state index in [1.54, 1.807) is 0 Å². The quantitative estimate of drug-likeness (QED) is 0.717. The van der Waals surface area contributed by atoms with Crippen LogP contribution in [0.4, 0.5) is 14.5 Å². The summed E-state index contributed by atoms with van der Waals surface area (Å²) in [5.41, 5.74) is 1.37. The summed E-state index contributed by atoms with van der Waals surface area (Å²) in [7, 11) is 0. The van der Waals surface area contributed by atoms with E-state index in [9.17, 15) is 13.6 Å². The van der Waals surface area contributed by atoms with E-state index in [4.69, 9.17) is 11.6 Å². The van der Waals surface area contributed by atoms with Gasteiger partial charge in [0.2, 0.25) is 5.91 Å². The lowest BCUT2D eigenvalue weighted by Gasteiger charge is -2.17. The molecule has 0 saturated carbocycles. The van der Waals surface area contributed by atoms with E-state index in [2.05, 4.69) is 10.1 Å². The molecule has 2 aromatic carbocycles. The van der Waals surface area contributed by atoms with E-state index in [1.807, 2.05) is 37.3 Å². The summed E-state index contributed by atoms with van der Waals surface area (Å²) in [5, 5.41) is 2.79. The zero-order chi connectivity index (χ0) is 17.5. The smallest absolute Gasteiger partial charge is 0.387 e. The van der Waals surface area contributed by atoms with Crippen LogP contribution in [0.25, 0.3) is 0 Å². The largest absolute Gasteiger partial charge is 0.433 e. The van der Waals surface area contributed by atoms with Crippen LogP contribution in [0.2, 0.25) is 5.02 Å². The summed E-state index contributed by atoms with van der Waals surface area (Å²) < 4.78 is 28.8. The average Bonchev–Trinajstić information content (AvgIpc) is 2.55. The molecule has 0 heterocycles.